The van der Waals surface area contributed by atoms with Gasteiger partial charge in [0.25, 0.3) is 5.91 Å². The van der Waals surface area contributed by atoms with Gasteiger partial charge in [0.15, 0.2) is 0 Å². The van der Waals surface area contributed by atoms with E-state index in [4.69, 9.17) is 5.73 Å². The molecule has 1 aromatic carbocycles. The maximum Gasteiger partial charge on any atom is 0.250 e. The highest BCUT2D eigenvalue weighted by Gasteiger charge is 2.25. The van der Waals surface area contributed by atoms with Crippen LogP contribution in [-0.4, -0.2) is 28.1 Å². The molecule has 1 aliphatic heterocycles. The van der Waals surface area contributed by atoms with Gasteiger partial charge in [0.05, 0.1) is 17.4 Å². The Morgan fingerprint density at radius 1 is 1.32 bits per heavy atom. The zero-order valence-electron chi connectivity index (χ0n) is 12.2. The number of carbonyl (C=O) groups is 1. The van der Waals surface area contributed by atoms with Gasteiger partial charge in [-0.05, 0) is 29.7 Å². The highest BCUT2D eigenvalue weighted by Crippen LogP contribution is 2.19. The van der Waals surface area contributed by atoms with Crippen molar-refractivity contribution in [3.8, 4) is 0 Å². The van der Waals surface area contributed by atoms with Crippen LogP contribution < -0.4 is 11.1 Å². The molecule has 2 aromatic rings. The smallest absolute Gasteiger partial charge is 0.250 e. The van der Waals surface area contributed by atoms with Crippen LogP contribution in [0.4, 0.5) is 0 Å². The highest BCUT2D eigenvalue weighted by atomic mass is 16.3. The van der Waals surface area contributed by atoms with E-state index in [1.54, 1.807) is 18.3 Å². The molecule has 22 heavy (non-hydrogen) atoms. The number of aromatic nitrogens is 1. The monoisotopic (exact) mass is 297 g/mol. The number of primary amides is 1. The Morgan fingerprint density at radius 3 is 2.86 bits per heavy atom. The van der Waals surface area contributed by atoms with Gasteiger partial charge in [0.2, 0.25) is 0 Å². The first-order valence-corrected chi connectivity index (χ1v) is 7.37. The summed E-state index contributed by atoms with van der Waals surface area (Å²) in [6.45, 7) is 0.739. The molecular formula is C17H19N3O2. The number of fused-ring (bicyclic) bond motifs is 1. The number of hydrogen-bond acceptors (Lipinski definition) is 4. The third-order valence-corrected chi connectivity index (χ3v) is 4.14. The SMILES string of the molecule is NC(=O)c1cccnc1C[C@@H](O)[C@@H]1Cc2ccccc2CN1. The maximum absolute atomic E-state index is 11.4. The van der Waals surface area contributed by atoms with Crippen molar-refractivity contribution in [2.24, 2.45) is 5.73 Å². The topological polar surface area (TPSA) is 88.2 Å². The van der Waals surface area contributed by atoms with Gasteiger partial charge in [0, 0.05) is 25.2 Å². The zero-order chi connectivity index (χ0) is 15.5. The Bertz CT molecular complexity index is 687. The number of pyridine rings is 1. The van der Waals surface area contributed by atoms with Crippen molar-refractivity contribution in [1.82, 2.24) is 10.3 Å². The summed E-state index contributed by atoms with van der Waals surface area (Å²) in [5.41, 5.74) is 8.79. The van der Waals surface area contributed by atoms with Gasteiger partial charge in [-0.2, -0.15) is 0 Å². The Balaban J connectivity index is 1.74. The first kappa shape index (κ1) is 14.7. The van der Waals surface area contributed by atoms with Crippen molar-refractivity contribution >= 4 is 5.91 Å². The number of nitrogens with one attached hydrogen (secondary N) is 1. The number of nitrogens with zero attached hydrogens (tertiary/aromatic N) is 1. The Morgan fingerprint density at radius 2 is 2.09 bits per heavy atom. The number of aliphatic hydroxyl groups is 1. The predicted octanol–water partition coefficient (Wildman–Crippen LogP) is 0.798. The van der Waals surface area contributed by atoms with Gasteiger partial charge >= 0.3 is 0 Å². The molecule has 0 unspecified atom stereocenters. The summed E-state index contributed by atoms with van der Waals surface area (Å²) in [6.07, 6.45) is 2.05. The molecule has 1 aliphatic rings. The fourth-order valence-corrected chi connectivity index (χ4v) is 2.92. The second kappa shape index (κ2) is 6.25. The van der Waals surface area contributed by atoms with Crippen LogP contribution in [0.3, 0.4) is 0 Å². The lowest BCUT2D eigenvalue weighted by Gasteiger charge is -2.30. The summed E-state index contributed by atoms with van der Waals surface area (Å²) in [6, 6.07) is 11.5. The van der Waals surface area contributed by atoms with Crippen molar-refractivity contribution in [3.63, 3.8) is 0 Å². The van der Waals surface area contributed by atoms with Gasteiger partial charge in [-0.15, -0.1) is 0 Å². The second-order valence-corrected chi connectivity index (χ2v) is 5.59. The van der Waals surface area contributed by atoms with Crippen LogP contribution >= 0.6 is 0 Å². The molecule has 0 saturated carbocycles. The fraction of sp³-hybridized carbons (Fsp3) is 0.294. The molecule has 0 saturated heterocycles. The number of hydrogen-bond donors (Lipinski definition) is 3. The molecule has 0 bridgehead atoms. The third-order valence-electron chi connectivity index (χ3n) is 4.14. The molecule has 2 heterocycles. The first-order valence-electron chi connectivity index (χ1n) is 7.37. The highest BCUT2D eigenvalue weighted by molar-refractivity contribution is 5.93. The molecule has 1 amide bonds. The number of aliphatic hydroxyl groups excluding tert-OH is 1. The molecule has 4 N–H and O–H groups in total. The summed E-state index contributed by atoms with van der Waals surface area (Å²) in [5.74, 6) is -0.516. The standard InChI is InChI=1S/C17H19N3O2/c18-17(22)13-6-3-7-19-14(13)9-16(21)15-8-11-4-1-2-5-12(11)10-20-15/h1-7,15-16,20-21H,8-10H2,(H2,18,22)/t15-,16+/m0/s1. The second-order valence-electron chi connectivity index (χ2n) is 5.59. The molecular weight excluding hydrogens is 278 g/mol. The van der Waals surface area contributed by atoms with Gasteiger partial charge in [-0.3, -0.25) is 9.78 Å². The van der Waals surface area contributed by atoms with E-state index in [2.05, 4.69) is 22.4 Å². The van der Waals surface area contributed by atoms with E-state index >= 15 is 0 Å². The molecule has 0 fully saturated rings. The molecule has 0 aliphatic carbocycles. The molecule has 3 rings (SSSR count). The van der Waals surface area contributed by atoms with Crippen LogP contribution in [0.1, 0.15) is 27.2 Å². The Kier molecular flexibility index (Phi) is 4.18. The van der Waals surface area contributed by atoms with Crippen molar-refractivity contribution in [1.29, 1.82) is 0 Å². The lowest BCUT2D eigenvalue weighted by molar-refractivity contribution is 0.0994. The molecule has 0 radical (unpaired) electrons. The molecule has 5 nitrogen and oxygen atoms in total. The van der Waals surface area contributed by atoms with Crippen LogP contribution in [-0.2, 0) is 19.4 Å². The van der Waals surface area contributed by atoms with Gasteiger partial charge in [-0.1, -0.05) is 24.3 Å². The number of nitrogens with two attached hydrogens (primary N) is 1. The van der Waals surface area contributed by atoms with Gasteiger partial charge < -0.3 is 16.2 Å². The number of amides is 1. The average molecular weight is 297 g/mol. The summed E-state index contributed by atoms with van der Waals surface area (Å²) < 4.78 is 0. The molecule has 2 atom stereocenters. The minimum absolute atomic E-state index is 0.0577. The van der Waals surface area contributed by atoms with E-state index in [-0.39, 0.29) is 6.04 Å². The Labute approximate surface area is 129 Å². The summed E-state index contributed by atoms with van der Waals surface area (Å²) in [7, 11) is 0. The Hall–Kier alpha value is -2.24. The van der Waals surface area contributed by atoms with E-state index in [9.17, 15) is 9.90 Å². The van der Waals surface area contributed by atoms with Crippen LogP contribution in [0.25, 0.3) is 0 Å². The molecule has 5 heteroatoms. The van der Waals surface area contributed by atoms with E-state index in [0.717, 1.165) is 13.0 Å². The van der Waals surface area contributed by atoms with Crippen LogP contribution in [0.15, 0.2) is 42.6 Å². The van der Waals surface area contributed by atoms with E-state index in [0.29, 0.717) is 17.7 Å². The molecule has 114 valence electrons. The molecule has 0 spiro atoms. The number of carbonyl (C=O) groups excluding carboxylic acids is 1. The van der Waals surface area contributed by atoms with Crippen molar-refractivity contribution < 1.29 is 9.90 Å². The quantitative estimate of drug-likeness (QED) is 0.779. The molecule has 1 aromatic heterocycles. The summed E-state index contributed by atoms with van der Waals surface area (Å²) in [4.78, 5) is 15.6. The maximum atomic E-state index is 11.4. The van der Waals surface area contributed by atoms with Crippen molar-refractivity contribution in [2.45, 2.75) is 31.5 Å². The van der Waals surface area contributed by atoms with E-state index < -0.39 is 12.0 Å². The van der Waals surface area contributed by atoms with Crippen LogP contribution in [0.2, 0.25) is 0 Å². The van der Waals surface area contributed by atoms with Gasteiger partial charge in [-0.25, -0.2) is 0 Å². The lowest BCUT2D eigenvalue weighted by Crippen LogP contribution is -2.45. The van der Waals surface area contributed by atoms with E-state index in [1.807, 2.05) is 12.1 Å². The van der Waals surface area contributed by atoms with Crippen LogP contribution in [0.5, 0.6) is 0 Å². The summed E-state index contributed by atoms with van der Waals surface area (Å²) in [5, 5.41) is 13.9. The van der Waals surface area contributed by atoms with Gasteiger partial charge in [0.1, 0.15) is 0 Å². The minimum Gasteiger partial charge on any atom is -0.391 e. The fourth-order valence-electron chi connectivity index (χ4n) is 2.92. The average Bonchev–Trinajstić information content (AvgIpc) is 2.54. The van der Waals surface area contributed by atoms with Crippen LogP contribution in [0, 0.1) is 0 Å². The normalized spacial score (nSPS) is 18.5. The van der Waals surface area contributed by atoms with Crippen molar-refractivity contribution in [2.75, 3.05) is 0 Å². The zero-order valence-corrected chi connectivity index (χ0v) is 12.2. The largest absolute Gasteiger partial charge is 0.391 e. The van der Waals surface area contributed by atoms with E-state index in [1.165, 1.54) is 11.1 Å². The van der Waals surface area contributed by atoms with Crippen molar-refractivity contribution in [3.05, 3.63) is 65.0 Å². The lowest BCUT2D eigenvalue weighted by atomic mass is 9.91. The summed E-state index contributed by atoms with van der Waals surface area (Å²) >= 11 is 0. The number of rotatable bonds is 4. The third kappa shape index (κ3) is 3.00. The minimum atomic E-state index is -0.624. The number of benzene rings is 1. The predicted molar refractivity (Wildman–Crippen MR) is 83.2 cm³/mol. The first-order chi connectivity index (χ1) is 10.6.